The lowest BCUT2D eigenvalue weighted by Crippen LogP contribution is -2.11. The van der Waals surface area contributed by atoms with Crippen LogP contribution >= 0.6 is 23.1 Å². The highest BCUT2D eigenvalue weighted by molar-refractivity contribution is 8.01. The molecule has 1 aromatic carbocycles. The number of aromatic nitrogens is 2. The summed E-state index contributed by atoms with van der Waals surface area (Å²) in [6.45, 7) is 0. The van der Waals surface area contributed by atoms with E-state index in [1.54, 1.807) is 0 Å². The predicted octanol–water partition coefficient (Wildman–Crippen LogP) is 3.41. The minimum Gasteiger partial charge on any atom is -0.306 e. The van der Waals surface area contributed by atoms with Gasteiger partial charge in [-0.25, -0.2) is 24.6 Å². The number of hydrazine groups is 1. The summed E-state index contributed by atoms with van der Waals surface area (Å²) in [4.78, 5) is 8.16. The van der Waals surface area contributed by atoms with Crippen LogP contribution in [0.5, 0.6) is 0 Å². The van der Waals surface area contributed by atoms with Crippen LogP contribution in [0.4, 0.5) is 14.6 Å². The Morgan fingerprint density at radius 2 is 1.95 bits per heavy atom. The molecule has 3 rings (SSSR count). The van der Waals surface area contributed by atoms with Gasteiger partial charge >= 0.3 is 0 Å². The Balaban J connectivity index is 1.98. The fourth-order valence-corrected chi connectivity index (χ4v) is 3.57. The Morgan fingerprint density at radius 3 is 2.70 bits per heavy atom. The molecule has 2 aromatic heterocycles. The van der Waals surface area contributed by atoms with Crippen molar-refractivity contribution in [3.8, 4) is 0 Å². The Hall–Kier alpha value is -1.77. The smallest absolute Gasteiger partial charge is 0.177 e. The number of pyridine rings is 1. The van der Waals surface area contributed by atoms with Gasteiger partial charge in [-0.1, -0.05) is 12.1 Å². The van der Waals surface area contributed by atoms with Gasteiger partial charge in [0.15, 0.2) is 21.8 Å². The summed E-state index contributed by atoms with van der Waals surface area (Å²) in [6, 6.07) is 8.33. The molecule has 102 valence electrons. The van der Waals surface area contributed by atoms with Gasteiger partial charge in [0.25, 0.3) is 0 Å². The fraction of sp³-hybridized carbons (Fsp3) is 0. The van der Waals surface area contributed by atoms with Crippen LogP contribution < -0.4 is 11.3 Å². The summed E-state index contributed by atoms with van der Waals surface area (Å²) in [5.41, 5.74) is 2.93. The van der Waals surface area contributed by atoms with E-state index in [1.165, 1.54) is 11.3 Å². The normalized spacial score (nSPS) is 10.9. The van der Waals surface area contributed by atoms with Gasteiger partial charge in [0.05, 0.1) is 10.2 Å². The molecule has 0 unspecified atom stereocenters. The molecule has 0 saturated carbocycles. The third-order valence-corrected chi connectivity index (χ3v) is 4.57. The van der Waals surface area contributed by atoms with Crippen molar-refractivity contribution < 1.29 is 8.78 Å². The highest BCUT2D eigenvalue weighted by atomic mass is 32.2. The maximum Gasteiger partial charge on any atom is 0.177 e. The number of hydrogen-bond donors (Lipinski definition) is 2. The molecule has 2 heterocycles. The van der Waals surface area contributed by atoms with Crippen LogP contribution in [0.15, 0.2) is 39.7 Å². The predicted molar refractivity (Wildman–Crippen MR) is 75.7 cm³/mol. The van der Waals surface area contributed by atoms with Gasteiger partial charge in [0.1, 0.15) is 5.03 Å². The summed E-state index contributed by atoms with van der Waals surface area (Å²) in [6.07, 6.45) is 0. The molecule has 0 aliphatic rings. The zero-order valence-electron chi connectivity index (χ0n) is 9.93. The molecule has 3 aromatic rings. The third kappa shape index (κ3) is 2.45. The van der Waals surface area contributed by atoms with E-state index in [0.717, 1.165) is 28.0 Å². The third-order valence-electron chi connectivity index (χ3n) is 2.49. The van der Waals surface area contributed by atoms with Gasteiger partial charge in [-0.2, -0.15) is 0 Å². The van der Waals surface area contributed by atoms with Gasteiger partial charge in [-0.05, 0) is 23.9 Å². The van der Waals surface area contributed by atoms with Crippen LogP contribution in [-0.2, 0) is 0 Å². The molecule has 0 saturated heterocycles. The Bertz CT molecular complexity index is 742. The number of rotatable bonds is 3. The molecular weight excluding hydrogens is 302 g/mol. The zero-order chi connectivity index (χ0) is 14.1. The molecule has 0 fully saturated rings. The molecule has 0 aliphatic heterocycles. The standard InChI is InChI=1S/C12H8F2N4S2/c13-6-5-7(14)11(17-10(6)18-15)20-12-16-8-3-1-2-4-9(8)19-12/h1-5H,15H2,(H,17,18). The lowest BCUT2D eigenvalue weighted by molar-refractivity contribution is 0.551. The molecule has 0 amide bonds. The van der Waals surface area contributed by atoms with Crippen molar-refractivity contribution in [1.29, 1.82) is 0 Å². The van der Waals surface area contributed by atoms with Crippen molar-refractivity contribution >= 4 is 39.1 Å². The summed E-state index contributed by atoms with van der Waals surface area (Å²) in [5.74, 6) is 3.35. The fourth-order valence-electron chi connectivity index (χ4n) is 1.60. The molecule has 20 heavy (non-hydrogen) atoms. The van der Waals surface area contributed by atoms with E-state index in [2.05, 4.69) is 15.4 Å². The number of nitrogens with one attached hydrogen (secondary N) is 1. The number of benzene rings is 1. The first-order valence-electron chi connectivity index (χ1n) is 5.53. The van der Waals surface area contributed by atoms with Crippen LogP contribution in [0, 0.1) is 11.6 Å². The number of hydrogen-bond acceptors (Lipinski definition) is 6. The van der Waals surface area contributed by atoms with E-state index in [9.17, 15) is 8.78 Å². The monoisotopic (exact) mass is 310 g/mol. The van der Waals surface area contributed by atoms with Crippen LogP contribution in [0.1, 0.15) is 0 Å². The summed E-state index contributed by atoms with van der Waals surface area (Å²) in [7, 11) is 0. The van der Waals surface area contributed by atoms with Crippen molar-refractivity contribution in [2.24, 2.45) is 5.84 Å². The molecule has 0 atom stereocenters. The Morgan fingerprint density at radius 1 is 1.15 bits per heavy atom. The highest BCUT2D eigenvalue weighted by Crippen LogP contribution is 2.35. The van der Waals surface area contributed by atoms with Gasteiger partial charge in [0, 0.05) is 6.07 Å². The molecule has 0 bridgehead atoms. The second kappa shape index (κ2) is 5.31. The first-order chi connectivity index (χ1) is 9.67. The van der Waals surface area contributed by atoms with E-state index in [0.29, 0.717) is 4.34 Å². The quantitative estimate of drug-likeness (QED) is 0.573. The van der Waals surface area contributed by atoms with Gasteiger partial charge in [-0.15, -0.1) is 11.3 Å². The maximum absolute atomic E-state index is 13.7. The summed E-state index contributed by atoms with van der Waals surface area (Å²) < 4.78 is 28.6. The van der Waals surface area contributed by atoms with E-state index < -0.39 is 11.6 Å². The zero-order valence-corrected chi connectivity index (χ0v) is 11.6. The number of thiazole rings is 1. The number of nitrogen functional groups attached to an aromatic ring is 1. The van der Waals surface area contributed by atoms with Crippen LogP contribution in [0.2, 0.25) is 0 Å². The molecule has 0 radical (unpaired) electrons. The molecule has 8 heteroatoms. The maximum atomic E-state index is 13.7. The Labute approximate surface area is 121 Å². The van der Waals surface area contributed by atoms with E-state index >= 15 is 0 Å². The Kier molecular flexibility index (Phi) is 3.51. The van der Waals surface area contributed by atoms with E-state index in [4.69, 9.17) is 5.84 Å². The number of halogens is 2. The molecular formula is C12H8F2N4S2. The van der Waals surface area contributed by atoms with Gasteiger partial charge < -0.3 is 5.43 Å². The number of nitrogens with two attached hydrogens (primary N) is 1. The van der Waals surface area contributed by atoms with Crippen molar-refractivity contribution in [3.63, 3.8) is 0 Å². The molecule has 0 spiro atoms. The first kappa shape index (κ1) is 13.2. The number of para-hydroxylation sites is 1. The van der Waals surface area contributed by atoms with Crippen molar-refractivity contribution in [2.45, 2.75) is 9.37 Å². The van der Waals surface area contributed by atoms with Crippen molar-refractivity contribution in [1.82, 2.24) is 9.97 Å². The van der Waals surface area contributed by atoms with E-state index in [1.807, 2.05) is 24.3 Å². The lowest BCUT2D eigenvalue weighted by Gasteiger charge is -2.04. The molecule has 0 aliphatic carbocycles. The van der Waals surface area contributed by atoms with Gasteiger partial charge in [0.2, 0.25) is 0 Å². The first-order valence-corrected chi connectivity index (χ1v) is 7.17. The summed E-state index contributed by atoms with van der Waals surface area (Å²) in [5, 5.41) is 0.0263. The lowest BCUT2D eigenvalue weighted by atomic mass is 10.3. The van der Waals surface area contributed by atoms with Crippen LogP contribution in [0.25, 0.3) is 10.2 Å². The van der Waals surface area contributed by atoms with E-state index in [-0.39, 0.29) is 10.8 Å². The highest BCUT2D eigenvalue weighted by Gasteiger charge is 2.14. The number of fused-ring (bicyclic) bond motifs is 1. The largest absolute Gasteiger partial charge is 0.306 e. The summed E-state index contributed by atoms with van der Waals surface area (Å²) >= 11 is 2.46. The minimum atomic E-state index is -0.835. The molecule has 3 N–H and O–H groups in total. The van der Waals surface area contributed by atoms with Crippen LogP contribution in [0.3, 0.4) is 0 Å². The van der Waals surface area contributed by atoms with Crippen LogP contribution in [-0.4, -0.2) is 9.97 Å². The second-order valence-corrected chi connectivity index (χ2v) is 6.07. The average Bonchev–Trinajstić information content (AvgIpc) is 2.84. The van der Waals surface area contributed by atoms with Crippen molar-refractivity contribution in [2.75, 3.05) is 5.43 Å². The molecule has 4 nitrogen and oxygen atoms in total. The average molecular weight is 310 g/mol. The van der Waals surface area contributed by atoms with Gasteiger partial charge in [-0.3, -0.25) is 0 Å². The number of nitrogens with zero attached hydrogens (tertiary/aromatic N) is 2. The SMILES string of the molecule is NNc1nc(Sc2nc3ccccc3s2)c(F)cc1F. The number of anilines is 1. The minimum absolute atomic E-state index is 0.0263. The topological polar surface area (TPSA) is 63.8 Å². The van der Waals surface area contributed by atoms with Crippen molar-refractivity contribution in [3.05, 3.63) is 42.0 Å². The second-order valence-electron chi connectivity index (χ2n) is 3.80.